The smallest absolute Gasteiger partial charge is 0.153 e. The van der Waals surface area contributed by atoms with Crippen LogP contribution in [0.25, 0.3) is 0 Å². The molecule has 0 amide bonds. The van der Waals surface area contributed by atoms with Gasteiger partial charge in [-0.05, 0) is 55.3 Å². The Bertz CT molecular complexity index is 640. The maximum absolute atomic E-state index is 11.6. The van der Waals surface area contributed by atoms with Gasteiger partial charge in [-0.3, -0.25) is 4.98 Å². The third kappa shape index (κ3) is 5.46. The van der Waals surface area contributed by atoms with Crippen molar-refractivity contribution in [2.75, 3.05) is 5.75 Å². The molecule has 1 aromatic heterocycles. The van der Waals surface area contributed by atoms with Crippen LogP contribution in [-0.4, -0.2) is 45.1 Å². The summed E-state index contributed by atoms with van der Waals surface area (Å²) in [4.78, 5) is 15.9. The lowest BCUT2D eigenvalue weighted by molar-refractivity contribution is -0.125. The van der Waals surface area contributed by atoms with Crippen LogP contribution in [0.15, 0.2) is 18.3 Å². The van der Waals surface area contributed by atoms with Gasteiger partial charge in [-0.15, -0.1) is 0 Å². The van der Waals surface area contributed by atoms with Gasteiger partial charge in [0.1, 0.15) is 11.4 Å². The molecule has 2 saturated carbocycles. The van der Waals surface area contributed by atoms with Crippen LogP contribution in [0.3, 0.4) is 0 Å². The maximum Gasteiger partial charge on any atom is 0.153 e. The number of rotatable bonds is 9. The second-order valence-corrected chi connectivity index (χ2v) is 10.2. The molecule has 2 aliphatic carbocycles. The van der Waals surface area contributed by atoms with Crippen molar-refractivity contribution in [2.45, 2.75) is 81.8 Å². The molecule has 3 rings (SSSR count). The van der Waals surface area contributed by atoms with Gasteiger partial charge in [-0.2, -0.15) is 11.8 Å². The lowest BCUT2D eigenvalue weighted by atomic mass is 9.85. The molecule has 6 heteroatoms. The summed E-state index contributed by atoms with van der Waals surface area (Å²) < 4.78 is 6.16. The topological polar surface area (TPSA) is 85.4 Å². The minimum atomic E-state index is -1.61. The van der Waals surface area contributed by atoms with Crippen molar-refractivity contribution in [2.24, 2.45) is 11.1 Å². The summed E-state index contributed by atoms with van der Waals surface area (Å²) in [5.41, 5.74) is 5.78. The van der Waals surface area contributed by atoms with E-state index >= 15 is 0 Å². The highest BCUT2D eigenvalue weighted by molar-refractivity contribution is 7.99. The van der Waals surface area contributed by atoms with E-state index in [1.165, 1.54) is 25.7 Å². The minimum Gasteiger partial charge on any atom is -0.490 e. The predicted octanol–water partition coefficient (Wildman–Crippen LogP) is 3.12. The molecule has 0 saturated heterocycles. The van der Waals surface area contributed by atoms with E-state index in [2.05, 4.69) is 18.8 Å². The molecule has 1 aromatic rings. The van der Waals surface area contributed by atoms with Gasteiger partial charge in [0.2, 0.25) is 0 Å². The third-order valence-electron chi connectivity index (χ3n) is 5.96. The first-order valence-electron chi connectivity index (χ1n) is 10.0. The van der Waals surface area contributed by atoms with Gasteiger partial charge in [-0.25, -0.2) is 0 Å². The van der Waals surface area contributed by atoms with E-state index < -0.39 is 11.6 Å². The van der Waals surface area contributed by atoms with Crippen LogP contribution < -0.4 is 10.5 Å². The molecule has 1 heterocycles. The lowest BCUT2D eigenvalue weighted by Crippen LogP contribution is -2.52. The van der Waals surface area contributed by atoms with E-state index in [-0.39, 0.29) is 12.5 Å². The largest absolute Gasteiger partial charge is 0.490 e. The molecule has 27 heavy (non-hydrogen) atoms. The number of aldehydes is 1. The van der Waals surface area contributed by atoms with E-state index in [9.17, 15) is 9.90 Å². The molecule has 3 N–H and O–H groups in total. The van der Waals surface area contributed by atoms with Crippen LogP contribution in [0.4, 0.5) is 0 Å². The Labute approximate surface area is 166 Å². The Kier molecular flexibility index (Phi) is 6.49. The van der Waals surface area contributed by atoms with Gasteiger partial charge in [0.05, 0.1) is 6.10 Å². The van der Waals surface area contributed by atoms with Crippen molar-refractivity contribution in [1.82, 2.24) is 4.98 Å². The average Bonchev–Trinajstić information content (AvgIpc) is 3.41. The number of hydrogen-bond acceptors (Lipinski definition) is 6. The molecule has 0 aliphatic heterocycles. The van der Waals surface area contributed by atoms with Crippen molar-refractivity contribution in [3.05, 3.63) is 24.0 Å². The van der Waals surface area contributed by atoms with Gasteiger partial charge >= 0.3 is 0 Å². The molecule has 0 unspecified atom stereocenters. The van der Waals surface area contributed by atoms with E-state index in [1.807, 2.05) is 12.1 Å². The average molecular weight is 393 g/mol. The van der Waals surface area contributed by atoms with E-state index in [0.29, 0.717) is 28.4 Å². The normalized spacial score (nSPS) is 22.4. The van der Waals surface area contributed by atoms with Gasteiger partial charge in [0.15, 0.2) is 6.29 Å². The number of carbonyl (C=O) groups is 1. The Balaban J connectivity index is 1.59. The van der Waals surface area contributed by atoms with Crippen LogP contribution in [0.5, 0.6) is 5.75 Å². The van der Waals surface area contributed by atoms with Crippen LogP contribution in [0, 0.1) is 5.41 Å². The van der Waals surface area contributed by atoms with Crippen LogP contribution >= 0.6 is 11.8 Å². The summed E-state index contributed by atoms with van der Waals surface area (Å²) in [6.45, 7) is 4.13. The molecule has 0 bridgehead atoms. The molecule has 0 aromatic carbocycles. The summed E-state index contributed by atoms with van der Waals surface area (Å²) in [6.07, 6.45) is 10.1. The van der Waals surface area contributed by atoms with Crippen molar-refractivity contribution < 1.29 is 14.6 Å². The lowest BCUT2D eigenvalue weighted by Gasteiger charge is -2.30. The SMILES string of the molecule is CC(C)SC[C@H](N)[C@@](O)(C=O)Cc1cc(OC2CCC3(CC2)CC3)ccn1. The molecule has 1 spiro atoms. The number of pyridine rings is 1. The fourth-order valence-electron chi connectivity index (χ4n) is 3.81. The summed E-state index contributed by atoms with van der Waals surface area (Å²) in [5, 5.41) is 11.1. The quantitative estimate of drug-likeness (QED) is 0.628. The molecular weight excluding hydrogens is 360 g/mol. The highest BCUT2D eigenvalue weighted by atomic mass is 32.2. The Morgan fingerprint density at radius 1 is 1.41 bits per heavy atom. The second-order valence-electron chi connectivity index (χ2n) is 8.57. The molecule has 2 aliphatic rings. The fraction of sp³-hybridized carbons (Fsp3) is 0.714. The zero-order valence-corrected chi connectivity index (χ0v) is 17.2. The summed E-state index contributed by atoms with van der Waals surface area (Å²) in [7, 11) is 0. The number of aliphatic hydroxyl groups is 1. The van der Waals surface area contributed by atoms with Crippen molar-refractivity contribution in [3.8, 4) is 5.75 Å². The number of nitrogens with two attached hydrogens (primary N) is 1. The van der Waals surface area contributed by atoms with E-state index in [0.717, 1.165) is 18.6 Å². The molecule has 2 fully saturated rings. The van der Waals surface area contributed by atoms with Crippen molar-refractivity contribution >= 4 is 18.0 Å². The molecular formula is C21H32N2O3S. The number of carbonyl (C=O) groups excluding carboxylic acids is 1. The summed E-state index contributed by atoms with van der Waals surface area (Å²) >= 11 is 1.63. The van der Waals surface area contributed by atoms with Gasteiger partial charge < -0.3 is 20.4 Å². The molecule has 0 radical (unpaired) electrons. The Morgan fingerprint density at radius 2 is 2.11 bits per heavy atom. The van der Waals surface area contributed by atoms with E-state index in [4.69, 9.17) is 10.5 Å². The second kappa shape index (κ2) is 8.50. The number of aromatic nitrogens is 1. The highest BCUT2D eigenvalue weighted by Gasteiger charge is 2.45. The standard InChI is InChI=1S/C21H32N2O3S/c1-15(2)27-13-19(22)21(25,14-24)12-16-11-18(5-10-23-16)26-17-3-6-20(7-4-17)8-9-20/h5,10-11,14-15,17,19,25H,3-4,6-9,12-13,22H2,1-2H3/t19-,21-/m0/s1. The zero-order valence-electron chi connectivity index (χ0n) is 16.4. The van der Waals surface area contributed by atoms with Crippen molar-refractivity contribution in [1.29, 1.82) is 0 Å². The first-order chi connectivity index (χ1) is 12.8. The first kappa shape index (κ1) is 20.6. The third-order valence-corrected chi connectivity index (χ3v) is 7.18. The zero-order chi connectivity index (χ0) is 19.5. The van der Waals surface area contributed by atoms with Crippen LogP contribution in [0.2, 0.25) is 0 Å². The van der Waals surface area contributed by atoms with Gasteiger partial charge in [0.25, 0.3) is 0 Å². The predicted molar refractivity (Wildman–Crippen MR) is 109 cm³/mol. The maximum atomic E-state index is 11.6. The first-order valence-corrected chi connectivity index (χ1v) is 11.1. The number of ether oxygens (including phenoxy) is 1. The molecule has 5 nitrogen and oxygen atoms in total. The monoisotopic (exact) mass is 392 g/mol. The molecule has 150 valence electrons. The number of thioether (sulfide) groups is 1. The van der Waals surface area contributed by atoms with Crippen LogP contribution in [-0.2, 0) is 11.2 Å². The Hall–Kier alpha value is -1.11. The van der Waals surface area contributed by atoms with Gasteiger partial charge in [0, 0.05) is 36.2 Å². The van der Waals surface area contributed by atoms with E-state index in [1.54, 1.807) is 18.0 Å². The number of hydrogen-bond donors (Lipinski definition) is 2. The Morgan fingerprint density at radius 3 is 2.70 bits per heavy atom. The molecule has 2 atom stereocenters. The van der Waals surface area contributed by atoms with Gasteiger partial charge in [-0.1, -0.05) is 13.8 Å². The fourth-order valence-corrected chi connectivity index (χ4v) is 4.69. The van der Waals surface area contributed by atoms with Crippen LogP contribution in [0.1, 0.15) is 58.1 Å². The minimum absolute atomic E-state index is 0.0985. The highest BCUT2D eigenvalue weighted by Crippen LogP contribution is 2.56. The summed E-state index contributed by atoms with van der Waals surface area (Å²) in [5.74, 6) is 1.28. The number of nitrogens with zero attached hydrogens (tertiary/aromatic N) is 1. The van der Waals surface area contributed by atoms with Crippen molar-refractivity contribution in [3.63, 3.8) is 0 Å². The summed E-state index contributed by atoms with van der Waals surface area (Å²) in [6, 6.07) is 3.04.